The van der Waals surface area contributed by atoms with E-state index in [1.54, 1.807) is 24.7 Å². The third-order valence-electron chi connectivity index (χ3n) is 2.61. The van der Waals surface area contributed by atoms with E-state index < -0.39 is 0 Å². The molecule has 0 saturated heterocycles. The number of hydrogen-bond donors (Lipinski definition) is 0. The molecule has 6 heteroatoms. The minimum Gasteiger partial charge on any atom is -0.468 e. The van der Waals surface area contributed by atoms with Crippen LogP contribution in [0.5, 0.6) is 0 Å². The average Bonchev–Trinajstić information content (AvgIpc) is 3.09. The second-order valence-corrected chi connectivity index (χ2v) is 4.23. The second kappa shape index (κ2) is 5.11. The molecule has 0 bridgehead atoms. The van der Waals surface area contributed by atoms with E-state index in [0.29, 0.717) is 30.6 Å². The van der Waals surface area contributed by atoms with Gasteiger partial charge in [-0.2, -0.15) is 0 Å². The van der Waals surface area contributed by atoms with Crippen LogP contribution in [0.1, 0.15) is 11.7 Å². The summed E-state index contributed by atoms with van der Waals surface area (Å²) in [6.45, 7) is 1.24. The van der Waals surface area contributed by atoms with Crippen molar-refractivity contribution in [1.82, 2.24) is 15.1 Å². The Morgan fingerprint density at radius 1 is 1.05 bits per heavy atom. The monoisotopic (exact) mass is 259 g/mol. The van der Waals surface area contributed by atoms with Gasteiger partial charge in [-0.15, -0.1) is 10.2 Å². The molecule has 0 aliphatic carbocycles. The first-order valence-electron chi connectivity index (χ1n) is 5.88. The van der Waals surface area contributed by atoms with Crippen molar-refractivity contribution in [2.24, 2.45) is 0 Å². The lowest BCUT2D eigenvalue weighted by Gasteiger charge is -2.11. The van der Waals surface area contributed by atoms with Gasteiger partial charge in [0.15, 0.2) is 5.76 Å². The standard InChI is InChI=1S/C13H13N3O3/c1-16(8-10-4-2-6-17-10)9-12-14-15-13(19-12)11-5-3-7-18-11/h2-7H,8-9H2,1H3. The highest BCUT2D eigenvalue weighted by Gasteiger charge is 2.12. The van der Waals surface area contributed by atoms with Crippen LogP contribution in [0.15, 0.2) is 50.0 Å². The van der Waals surface area contributed by atoms with E-state index in [1.807, 2.05) is 24.1 Å². The number of furan rings is 2. The smallest absolute Gasteiger partial charge is 0.283 e. The summed E-state index contributed by atoms with van der Waals surface area (Å²) in [7, 11) is 1.96. The van der Waals surface area contributed by atoms with Crippen molar-refractivity contribution in [3.63, 3.8) is 0 Å². The van der Waals surface area contributed by atoms with E-state index in [1.165, 1.54) is 0 Å². The van der Waals surface area contributed by atoms with Gasteiger partial charge >= 0.3 is 0 Å². The van der Waals surface area contributed by atoms with Gasteiger partial charge in [-0.05, 0) is 31.3 Å². The Hall–Kier alpha value is -2.34. The zero-order valence-corrected chi connectivity index (χ0v) is 10.4. The molecular weight excluding hydrogens is 246 g/mol. The van der Waals surface area contributed by atoms with Crippen molar-refractivity contribution in [2.75, 3.05) is 7.05 Å². The van der Waals surface area contributed by atoms with Crippen molar-refractivity contribution in [2.45, 2.75) is 13.1 Å². The van der Waals surface area contributed by atoms with Crippen LogP contribution in [0.2, 0.25) is 0 Å². The van der Waals surface area contributed by atoms with E-state index in [-0.39, 0.29) is 0 Å². The molecule has 98 valence electrons. The SMILES string of the molecule is CN(Cc1ccco1)Cc1nnc(-c2ccco2)o1. The van der Waals surface area contributed by atoms with Gasteiger partial charge in [0.25, 0.3) is 5.89 Å². The Balaban J connectivity index is 1.64. The first-order valence-corrected chi connectivity index (χ1v) is 5.88. The van der Waals surface area contributed by atoms with Crippen molar-refractivity contribution in [1.29, 1.82) is 0 Å². The van der Waals surface area contributed by atoms with Crippen LogP contribution in [-0.4, -0.2) is 22.1 Å². The molecule has 0 amide bonds. The Labute approximate surface area is 109 Å². The van der Waals surface area contributed by atoms with Crippen molar-refractivity contribution in [3.8, 4) is 11.7 Å². The average molecular weight is 259 g/mol. The van der Waals surface area contributed by atoms with Crippen LogP contribution in [0.3, 0.4) is 0 Å². The van der Waals surface area contributed by atoms with Crippen LogP contribution in [0.25, 0.3) is 11.7 Å². The van der Waals surface area contributed by atoms with E-state index in [0.717, 1.165) is 5.76 Å². The maximum atomic E-state index is 5.53. The van der Waals surface area contributed by atoms with Gasteiger partial charge in [0, 0.05) is 0 Å². The quantitative estimate of drug-likeness (QED) is 0.701. The van der Waals surface area contributed by atoms with Gasteiger partial charge < -0.3 is 13.3 Å². The Bertz CT molecular complexity index is 613. The van der Waals surface area contributed by atoms with E-state index >= 15 is 0 Å². The Kier molecular flexibility index (Phi) is 3.16. The highest BCUT2D eigenvalue weighted by atomic mass is 16.4. The molecule has 0 radical (unpaired) electrons. The van der Waals surface area contributed by atoms with Gasteiger partial charge in [-0.3, -0.25) is 4.90 Å². The van der Waals surface area contributed by atoms with E-state index in [2.05, 4.69) is 10.2 Å². The molecule has 0 unspecified atom stereocenters. The largest absolute Gasteiger partial charge is 0.468 e. The number of hydrogen-bond acceptors (Lipinski definition) is 6. The lowest BCUT2D eigenvalue weighted by atomic mass is 10.4. The third-order valence-corrected chi connectivity index (χ3v) is 2.61. The molecule has 19 heavy (non-hydrogen) atoms. The fourth-order valence-electron chi connectivity index (χ4n) is 1.77. The second-order valence-electron chi connectivity index (χ2n) is 4.23. The molecule has 0 aliphatic heterocycles. The van der Waals surface area contributed by atoms with Gasteiger partial charge in [-0.25, -0.2) is 0 Å². The molecule has 3 rings (SSSR count). The topological polar surface area (TPSA) is 68.4 Å². The molecule has 0 spiro atoms. The van der Waals surface area contributed by atoms with Crippen LogP contribution in [0, 0.1) is 0 Å². The molecule has 3 aromatic heterocycles. The molecule has 3 heterocycles. The van der Waals surface area contributed by atoms with Gasteiger partial charge in [0.1, 0.15) is 5.76 Å². The van der Waals surface area contributed by atoms with E-state index in [4.69, 9.17) is 13.3 Å². The predicted octanol–water partition coefficient (Wildman–Crippen LogP) is 2.55. The maximum absolute atomic E-state index is 5.53. The van der Waals surface area contributed by atoms with Crippen LogP contribution in [-0.2, 0) is 13.1 Å². The minimum atomic E-state index is 0.395. The fraction of sp³-hybridized carbons (Fsp3) is 0.231. The van der Waals surface area contributed by atoms with Crippen LogP contribution in [0.4, 0.5) is 0 Å². The van der Waals surface area contributed by atoms with Crippen molar-refractivity contribution in [3.05, 3.63) is 48.4 Å². The molecule has 0 aliphatic rings. The normalized spacial score (nSPS) is 11.3. The highest BCUT2D eigenvalue weighted by Crippen LogP contribution is 2.18. The lowest BCUT2D eigenvalue weighted by Crippen LogP contribution is -2.17. The summed E-state index contributed by atoms with van der Waals surface area (Å²) in [6.07, 6.45) is 3.23. The molecule has 0 fully saturated rings. The predicted molar refractivity (Wildman–Crippen MR) is 65.9 cm³/mol. The summed E-state index contributed by atoms with van der Waals surface area (Å²) in [6, 6.07) is 7.36. The zero-order valence-electron chi connectivity index (χ0n) is 10.4. The fourth-order valence-corrected chi connectivity index (χ4v) is 1.77. The van der Waals surface area contributed by atoms with Crippen LogP contribution >= 0.6 is 0 Å². The molecule has 0 aromatic carbocycles. The molecule has 0 saturated carbocycles. The van der Waals surface area contributed by atoms with Gasteiger partial charge in [-0.1, -0.05) is 0 Å². The number of aromatic nitrogens is 2. The van der Waals surface area contributed by atoms with Crippen LogP contribution < -0.4 is 0 Å². The zero-order chi connectivity index (χ0) is 13.1. The summed E-state index contributed by atoms with van der Waals surface area (Å²) >= 11 is 0. The van der Waals surface area contributed by atoms with E-state index in [9.17, 15) is 0 Å². The molecule has 0 atom stereocenters. The molecular formula is C13H13N3O3. The van der Waals surface area contributed by atoms with Gasteiger partial charge in [0.05, 0.1) is 25.6 Å². The Morgan fingerprint density at radius 3 is 2.63 bits per heavy atom. The maximum Gasteiger partial charge on any atom is 0.283 e. The minimum absolute atomic E-state index is 0.395. The number of nitrogens with zero attached hydrogens (tertiary/aromatic N) is 3. The number of rotatable bonds is 5. The Morgan fingerprint density at radius 2 is 1.89 bits per heavy atom. The summed E-state index contributed by atoms with van der Waals surface area (Å²) in [5.74, 6) is 2.41. The third kappa shape index (κ3) is 2.74. The van der Waals surface area contributed by atoms with Gasteiger partial charge in [0.2, 0.25) is 5.89 Å². The summed E-state index contributed by atoms with van der Waals surface area (Å²) < 4.78 is 16.0. The lowest BCUT2D eigenvalue weighted by molar-refractivity contribution is 0.260. The summed E-state index contributed by atoms with van der Waals surface area (Å²) in [5, 5.41) is 7.94. The van der Waals surface area contributed by atoms with Crippen molar-refractivity contribution < 1.29 is 13.3 Å². The first kappa shape index (κ1) is 11.7. The summed E-state index contributed by atoms with van der Waals surface area (Å²) in [4.78, 5) is 2.03. The molecule has 3 aromatic rings. The molecule has 0 N–H and O–H groups in total. The van der Waals surface area contributed by atoms with Crippen molar-refractivity contribution >= 4 is 0 Å². The highest BCUT2D eigenvalue weighted by molar-refractivity contribution is 5.42. The molecule has 6 nitrogen and oxygen atoms in total. The first-order chi connectivity index (χ1) is 9.31. The summed E-state index contributed by atoms with van der Waals surface area (Å²) in [5.41, 5.74) is 0.